The fourth-order valence-electron chi connectivity index (χ4n) is 3.66. The molecule has 1 aromatic rings. The highest BCUT2D eigenvalue weighted by molar-refractivity contribution is 6.62. The highest BCUT2D eigenvalue weighted by atomic mass is 16.7. The summed E-state index contributed by atoms with van der Waals surface area (Å²) in [5, 5.41) is 0. The van der Waals surface area contributed by atoms with E-state index in [-0.39, 0.29) is 12.0 Å². The first-order valence-corrected chi connectivity index (χ1v) is 10.4. The molecule has 0 saturated carbocycles. The molecular weight excluding hydrogens is 369 g/mol. The Morgan fingerprint density at radius 3 is 2.24 bits per heavy atom. The van der Waals surface area contributed by atoms with Gasteiger partial charge in [0, 0.05) is 30.2 Å². The number of hydrogen-bond donors (Lipinski definition) is 1. The van der Waals surface area contributed by atoms with Gasteiger partial charge in [-0.2, -0.15) is 0 Å². The fraction of sp³-hybridized carbons (Fsp3) is 0.714. The van der Waals surface area contributed by atoms with Crippen LogP contribution in [-0.4, -0.2) is 53.0 Å². The summed E-state index contributed by atoms with van der Waals surface area (Å²) in [4.78, 5) is 18.8. The van der Waals surface area contributed by atoms with Crippen LogP contribution in [0.15, 0.2) is 12.1 Å². The Morgan fingerprint density at radius 2 is 1.72 bits per heavy atom. The lowest BCUT2D eigenvalue weighted by Gasteiger charge is -2.34. The van der Waals surface area contributed by atoms with Gasteiger partial charge in [-0.05, 0) is 67.4 Å². The van der Waals surface area contributed by atoms with Crippen LogP contribution in [-0.2, 0) is 14.0 Å². The van der Waals surface area contributed by atoms with E-state index in [4.69, 9.17) is 19.8 Å². The van der Waals surface area contributed by atoms with Gasteiger partial charge in [-0.1, -0.05) is 6.07 Å². The van der Waals surface area contributed by atoms with Gasteiger partial charge in [0.1, 0.15) is 11.4 Å². The molecule has 0 aliphatic carbocycles. The molecule has 2 N–H and O–H groups in total. The van der Waals surface area contributed by atoms with E-state index in [1.165, 1.54) is 0 Å². The summed E-state index contributed by atoms with van der Waals surface area (Å²) in [6, 6.07) is 3.75. The normalized spacial score (nSPS) is 22.0. The zero-order valence-electron chi connectivity index (χ0n) is 18.7. The fourth-order valence-corrected chi connectivity index (χ4v) is 3.66. The van der Waals surface area contributed by atoms with Crippen LogP contribution in [0.2, 0.25) is 0 Å². The van der Waals surface area contributed by atoms with Gasteiger partial charge < -0.3 is 24.7 Å². The molecule has 160 valence electrons. The number of ether oxygens (including phenoxy) is 1. The second-order valence-corrected chi connectivity index (χ2v) is 10.0. The van der Waals surface area contributed by atoms with Crippen LogP contribution in [0.3, 0.4) is 0 Å². The molecule has 0 unspecified atom stereocenters. The van der Waals surface area contributed by atoms with Gasteiger partial charge in [0.05, 0.1) is 11.2 Å². The average Bonchev–Trinajstić information content (AvgIpc) is 2.81. The van der Waals surface area contributed by atoms with Crippen LogP contribution in [0.5, 0.6) is 0 Å². The number of rotatable bonds is 2. The van der Waals surface area contributed by atoms with Gasteiger partial charge in [0.15, 0.2) is 0 Å². The van der Waals surface area contributed by atoms with Crippen molar-refractivity contribution >= 4 is 24.5 Å². The summed E-state index contributed by atoms with van der Waals surface area (Å²) >= 11 is 0. The van der Waals surface area contributed by atoms with Gasteiger partial charge in [-0.25, -0.2) is 9.78 Å². The highest BCUT2D eigenvalue weighted by Crippen LogP contribution is 2.37. The predicted octanol–water partition coefficient (Wildman–Crippen LogP) is 3.08. The quantitative estimate of drug-likeness (QED) is 0.764. The molecule has 0 bridgehead atoms. The van der Waals surface area contributed by atoms with E-state index in [1.54, 1.807) is 11.0 Å². The molecule has 3 rings (SSSR count). The SMILES string of the molecule is CC(C)(C)OC(=O)N1CCC(c2nc(N)ccc2B2OC(C)(C)C(C)(C)O2)CC1. The maximum Gasteiger partial charge on any atom is 0.496 e. The Morgan fingerprint density at radius 1 is 1.17 bits per heavy atom. The molecule has 2 saturated heterocycles. The maximum atomic E-state index is 12.4. The van der Waals surface area contributed by atoms with Crippen LogP contribution >= 0.6 is 0 Å². The standard InChI is InChI=1S/C21H34BN3O4/c1-19(2,3)27-18(26)25-12-10-14(11-13-25)17-15(8-9-16(23)24-17)22-28-20(4,5)21(6,7)29-22/h8-9,14H,10-13H2,1-7H3,(H2,23,24). The van der Waals surface area contributed by atoms with Crippen molar-refractivity contribution < 1.29 is 18.8 Å². The molecule has 2 aliphatic heterocycles. The first kappa shape index (κ1) is 21.9. The van der Waals surface area contributed by atoms with Crippen molar-refractivity contribution in [3.05, 3.63) is 17.8 Å². The molecule has 3 heterocycles. The smallest absolute Gasteiger partial charge is 0.444 e. The van der Waals surface area contributed by atoms with Crippen LogP contribution in [0.1, 0.15) is 72.9 Å². The van der Waals surface area contributed by atoms with Crippen LogP contribution < -0.4 is 11.2 Å². The second-order valence-electron chi connectivity index (χ2n) is 10.0. The van der Waals surface area contributed by atoms with Gasteiger partial charge in [-0.15, -0.1) is 0 Å². The van der Waals surface area contributed by atoms with Crippen LogP contribution in [0.25, 0.3) is 0 Å². The largest absolute Gasteiger partial charge is 0.496 e. The third-order valence-corrected chi connectivity index (χ3v) is 6.02. The minimum Gasteiger partial charge on any atom is -0.444 e. The topological polar surface area (TPSA) is 86.9 Å². The van der Waals surface area contributed by atoms with Crippen molar-refractivity contribution in [2.75, 3.05) is 18.8 Å². The minimum atomic E-state index is -0.493. The molecule has 0 spiro atoms. The number of anilines is 1. The van der Waals surface area contributed by atoms with Crippen molar-refractivity contribution in [1.82, 2.24) is 9.88 Å². The van der Waals surface area contributed by atoms with E-state index in [9.17, 15) is 4.79 Å². The molecule has 8 heteroatoms. The number of amides is 1. The summed E-state index contributed by atoms with van der Waals surface area (Å²) in [6.07, 6.45) is 1.33. The van der Waals surface area contributed by atoms with Crippen LogP contribution in [0, 0.1) is 0 Å². The number of carbonyl (C=O) groups excluding carboxylic acids is 1. The average molecular weight is 403 g/mol. The van der Waals surface area contributed by atoms with Gasteiger partial charge in [0.25, 0.3) is 0 Å². The van der Waals surface area contributed by atoms with Crippen molar-refractivity contribution in [1.29, 1.82) is 0 Å². The number of hydrogen-bond acceptors (Lipinski definition) is 6. The monoisotopic (exact) mass is 403 g/mol. The molecule has 1 amide bonds. The Hall–Kier alpha value is -1.80. The number of likely N-dealkylation sites (tertiary alicyclic amines) is 1. The lowest BCUT2D eigenvalue weighted by molar-refractivity contribution is 0.00578. The van der Waals surface area contributed by atoms with Crippen molar-refractivity contribution in [2.24, 2.45) is 0 Å². The van der Waals surface area contributed by atoms with E-state index < -0.39 is 23.9 Å². The summed E-state index contributed by atoms with van der Waals surface area (Å²) in [7, 11) is -0.480. The predicted molar refractivity (Wildman–Crippen MR) is 114 cm³/mol. The summed E-state index contributed by atoms with van der Waals surface area (Å²) < 4.78 is 18.0. The van der Waals surface area contributed by atoms with E-state index >= 15 is 0 Å². The molecular formula is C21H34BN3O4. The first-order chi connectivity index (χ1) is 13.3. The summed E-state index contributed by atoms with van der Waals surface area (Å²) in [6.45, 7) is 15.0. The van der Waals surface area contributed by atoms with Crippen molar-refractivity contribution in [3.8, 4) is 0 Å². The molecule has 29 heavy (non-hydrogen) atoms. The number of carbonyl (C=O) groups is 1. The lowest BCUT2D eigenvalue weighted by atomic mass is 9.74. The highest BCUT2D eigenvalue weighted by Gasteiger charge is 2.52. The second kappa shape index (κ2) is 7.47. The van der Waals surface area contributed by atoms with Gasteiger partial charge >= 0.3 is 13.2 Å². The van der Waals surface area contributed by atoms with Crippen molar-refractivity contribution in [3.63, 3.8) is 0 Å². The minimum absolute atomic E-state index is 0.186. The molecule has 2 aliphatic rings. The molecule has 0 atom stereocenters. The number of piperidine rings is 1. The Kier molecular flexibility index (Phi) is 5.64. The molecule has 7 nitrogen and oxygen atoms in total. The van der Waals surface area contributed by atoms with E-state index in [1.807, 2.05) is 54.5 Å². The van der Waals surface area contributed by atoms with Gasteiger partial charge in [0.2, 0.25) is 0 Å². The van der Waals surface area contributed by atoms with E-state index in [2.05, 4.69) is 4.98 Å². The number of aromatic nitrogens is 1. The Bertz CT molecular complexity index is 752. The van der Waals surface area contributed by atoms with E-state index in [0.717, 1.165) is 24.0 Å². The van der Waals surface area contributed by atoms with Crippen molar-refractivity contribution in [2.45, 2.75) is 84.0 Å². The van der Waals surface area contributed by atoms with E-state index in [0.29, 0.717) is 18.9 Å². The molecule has 0 aromatic carbocycles. The summed E-state index contributed by atoms with van der Waals surface area (Å²) in [5.74, 6) is 0.668. The van der Waals surface area contributed by atoms with Crippen LogP contribution in [0.4, 0.5) is 10.6 Å². The lowest BCUT2D eigenvalue weighted by Crippen LogP contribution is -2.43. The Labute approximate surface area is 174 Å². The zero-order chi connectivity index (χ0) is 21.6. The Balaban J connectivity index is 1.76. The number of nitrogen functional groups attached to an aromatic ring is 1. The first-order valence-electron chi connectivity index (χ1n) is 10.4. The third kappa shape index (κ3) is 4.69. The zero-order valence-corrected chi connectivity index (χ0v) is 18.7. The number of nitrogens with two attached hydrogens (primary N) is 1. The molecule has 1 aromatic heterocycles. The summed E-state index contributed by atoms with van der Waals surface area (Å²) in [5.41, 5.74) is 6.51. The third-order valence-electron chi connectivity index (χ3n) is 6.02. The molecule has 0 radical (unpaired) electrons. The maximum absolute atomic E-state index is 12.4. The molecule has 2 fully saturated rings. The number of pyridine rings is 1. The van der Waals surface area contributed by atoms with Gasteiger partial charge in [-0.3, -0.25) is 0 Å². The number of nitrogens with zero attached hydrogens (tertiary/aromatic N) is 2.